The first kappa shape index (κ1) is 79.3. The zero-order valence-corrected chi connectivity index (χ0v) is 68.0. The van der Waals surface area contributed by atoms with Crippen molar-refractivity contribution in [3.05, 3.63) is 363 Å². The fraction of sp³-hybridized carbons (Fsp3) is 0.0909. The molecular formula is C88H72Au4P4S2+4. The van der Waals surface area contributed by atoms with Crippen LogP contribution in [0.25, 0.3) is 40.3 Å². The Morgan fingerprint density at radius 3 is 0.510 bits per heavy atom. The molecule has 0 amide bonds. The summed E-state index contributed by atoms with van der Waals surface area (Å²) in [6.07, 6.45) is 39.0. The van der Waals surface area contributed by atoms with Crippen LogP contribution >= 0.6 is 54.4 Å². The predicted octanol–water partition coefficient (Wildman–Crippen LogP) is 18.8. The first-order valence-corrected chi connectivity index (χ1v) is 40.4. The molecule has 0 aliphatic carbocycles. The second kappa shape index (κ2) is 42.3. The van der Waals surface area contributed by atoms with Crippen LogP contribution in [0, 0.1) is 49.4 Å². The number of unbranched alkanes of at least 4 members (excludes halogenated alkanes) is 2. The van der Waals surface area contributed by atoms with E-state index in [-0.39, 0.29) is 89.5 Å². The third-order valence-corrected chi connectivity index (χ3v) is 30.6. The summed E-state index contributed by atoms with van der Waals surface area (Å²) in [5, 5.41) is 17.0. The summed E-state index contributed by atoms with van der Waals surface area (Å²) in [4.78, 5) is 0. The molecule has 98 heavy (non-hydrogen) atoms. The molecule has 0 saturated carbocycles. The Morgan fingerprint density at radius 2 is 0.367 bits per heavy atom. The van der Waals surface area contributed by atoms with Gasteiger partial charge in [0.15, 0.2) is 0 Å². The number of hydrogen-bond acceptors (Lipinski definition) is 2. The van der Waals surface area contributed by atoms with Crippen molar-refractivity contribution < 1.29 is 89.5 Å². The molecule has 2 heterocycles. The fourth-order valence-corrected chi connectivity index (χ4v) is 25.2. The molecule has 12 aromatic carbocycles. The molecule has 0 saturated heterocycles. The summed E-state index contributed by atoms with van der Waals surface area (Å²) in [5.74, 6) is 9.60. The Labute approximate surface area is 656 Å². The third-order valence-electron chi connectivity index (χ3n) is 16.7. The molecule has 0 unspecified atom stereocenters. The molecule has 14 rings (SSSR count). The summed E-state index contributed by atoms with van der Waals surface area (Å²) in [7, 11) is -2.86. The van der Waals surface area contributed by atoms with Crippen LogP contribution in [0.4, 0.5) is 0 Å². The molecule has 14 aromatic rings. The largest absolute Gasteiger partial charge is 1.00 e. The summed E-state index contributed by atoms with van der Waals surface area (Å²) in [6, 6.07) is 113. The van der Waals surface area contributed by atoms with Gasteiger partial charge in [0.05, 0.1) is 98.8 Å². The van der Waals surface area contributed by atoms with Gasteiger partial charge >= 0.3 is 89.5 Å². The van der Waals surface area contributed by atoms with Crippen LogP contribution in [0.1, 0.15) is 47.9 Å². The van der Waals surface area contributed by atoms with Crippen molar-refractivity contribution >= 4 is 137 Å². The minimum atomic E-state index is -0.714. The fourth-order valence-electron chi connectivity index (χ4n) is 12.0. The molecular weight excluding hydrogens is 2030 g/mol. The van der Waals surface area contributed by atoms with E-state index in [0.29, 0.717) is 0 Å². The first-order chi connectivity index (χ1) is 46.5. The maximum atomic E-state index is 7.14. The predicted molar refractivity (Wildman–Crippen MR) is 423 cm³/mol. The summed E-state index contributed by atoms with van der Waals surface area (Å²) in [6.45, 7) is 0. The first-order valence-electron chi connectivity index (χ1n) is 32.0. The maximum absolute atomic E-state index is 7.14. The van der Waals surface area contributed by atoms with Gasteiger partial charge < -0.3 is 25.7 Å². The Balaban J connectivity index is 0.000000187. The Morgan fingerprint density at radius 1 is 0.214 bits per heavy atom. The molecule has 0 bridgehead atoms. The number of rotatable bonds is 18. The van der Waals surface area contributed by atoms with Gasteiger partial charge in [-0.05, 0) is 144 Å². The van der Waals surface area contributed by atoms with E-state index in [9.17, 15) is 0 Å². The van der Waals surface area contributed by atoms with Crippen molar-refractivity contribution in [3.63, 3.8) is 0 Å². The van der Waals surface area contributed by atoms with Crippen LogP contribution in [-0.2, 0) is 89.5 Å². The molecule has 10 heteroatoms. The SMILES string of the molecule is [Au+].[Au+].[Au+].[Au+].[C-]#Cc1ccc2c(c1)sc1cc(C#[C-])ccc12.[C-]#Cc1ccc2c(c1)sc1cc(C#[C-])ccc12.c1ccc([PH+](CCCC[PH+](c2ccccc2)c2ccccc2)c2ccccc2)cc1.c1ccc([PH+](CCCC[PH+](c2ccccc2)c2ccccc2)c2ccccc2)cc1. The van der Waals surface area contributed by atoms with E-state index in [4.69, 9.17) is 25.7 Å². The van der Waals surface area contributed by atoms with Crippen LogP contribution in [0.15, 0.2) is 315 Å². The normalized spacial score (nSPS) is 10.4. The van der Waals surface area contributed by atoms with E-state index in [1.54, 1.807) is 22.7 Å². The summed E-state index contributed by atoms with van der Waals surface area (Å²) in [5.41, 5.74) is 3.18. The minimum Gasteiger partial charge on any atom is -0.366 e. The third kappa shape index (κ3) is 22.0. The molecule has 0 aliphatic rings. The molecule has 0 spiro atoms. The zero-order valence-electron chi connectivity index (χ0n) is 53.7. The molecule has 0 aliphatic heterocycles. The van der Waals surface area contributed by atoms with Gasteiger partial charge in [-0.2, -0.15) is 0 Å². The number of thiophene rings is 2. The molecule has 0 nitrogen and oxygen atoms in total. The summed E-state index contributed by atoms with van der Waals surface area (Å²) < 4.78 is 4.61. The molecule has 0 atom stereocenters. The quantitative estimate of drug-likeness (QED) is 0.0264. The van der Waals surface area contributed by atoms with Gasteiger partial charge in [-0.15, -0.1) is 93.5 Å². The average molecular weight is 2110 g/mol. The minimum absolute atomic E-state index is 0. The number of benzene rings is 12. The molecule has 0 N–H and O–H groups in total. The number of hydrogen-bond donors (Lipinski definition) is 0. The van der Waals surface area contributed by atoms with Gasteiger partial charge in [-0.3, -0.25) is 23.7 Å². The maximum Gasteiger partial charge on any atom is 1.00 e. The van der Waals surface area contributed by atoms with Crippen LogP contribution < -0.4 is 42.4 Å². The van der Waals surface area contributed by atoms with Crippen LogP contribution in [0.3, 0.4) is 0 Å². The van der Waals surface area contributed by atoms with Gasteiger partial charge in [-0.1, -0.05) is 170 Å². The Bertz CT molecular complexity index is 4080. The number of fused-ring (bicyclic) bond motifs is 6. The van der Waals surface area contributed by atoms with E-state index in [0.717, 1.165) is 41.1 Å². The van der Waals surface area contributed by atoms with Crippen LogP contribution in [0.2, 0.25) is 0 Å². The van der Waals surface area contributed by atoms with Crippen molar-refractivity contribution in [2.24, 2.45) is 0 Å². The summed E-state index contributed by atoms with van der Waals surface area (Å²) >= 11 is 3.35. The van der Waals surface area contributed by atoms with Crippen LogP contribution in [0.5, 0.6) is 0 Å². The zero-order chi connectivity index (χ0) is 64.5. The second-order valence-corrected chi connectivity index (χ2v) is 35.4. The topological polar surface area (TPSA) is 0 Å². The van der Waals surface area contributed by atoms with E-state index in [1.807, 2.05) is 72.8 Å². The van der Waals surface area contributed by atoms with Gasteiger partial charge in [0.2, 0.25) is 0 Å². The van der Waals surface area contributed by atoms with Crippen molar-refractivity contribution in [3.8, 4) is 23.7 Å². The monoisotopic (exact) mass is 2100 g/mol. The van der Waals surface area contributed by atoms with Crippen LogP contribution in [-0.4, -0.2) is 24.6 Å². The molecule has 0 fully saturated rings. The van der Waals surface area contributed by atoms with E-state index >= 15 is 0 Å². The average Bonchev–Trinajstić information content (AvgIpc) is 1.63. The van der Waals surface area contributed by atoms with E-state index in [2.05, 4.69) is 266 Å². The Kier molecular flexibility index (Phi) is 34.2. The molecule has 0 radical (unpaired) electrons. The van der Waals surface area contributed by atoms with Gasteiger partial charge in [0.1, 0.15) is 0 Å². The molecule has 496 valence electrons. The van der Waals surface area contributed by atoms with Gasteiger partial charge in [-0.25, -0.2) is 0 Å². The van der Waals surface area contributed by atoms with Crippen molar-refractivity contribution in [2.75, 3.05) is 24.6 Å². The van der Waals surface area contributed by atoms with Gasteiger partial charge in [0.25, 0.3) is 0 Å². The second-order valence-electron chi connectivity index (χ2n) is 22.8. The van der Waals surface area contributed by atoms with E-state index in [1.165, 1.54) is 114 Å². The standard InChI is InChI=1S/2C28H28P2.2C16H6S.4Au/c2*1-5-15-25(16-6-1)29(26-17-7-2-8-18-26)23-13-14-24-30(27-19-9-3-10-20-27)28-21-11-4-12-22-28;2*1-3-11-5-7-13-14-8-6-12(4-2)10-16(14)17-15(13)9-11;;;;/h2*1-12,15-22H,13-14,23-24H2;2*5-10H;;;;/q;;2*-2;4*+1/p+4. The van der Waals surface area contributed by atoms with E-state index < -0.39 is 31.7 Å². The smallest absolute Gasteiger partial charge is 0.366 e. The van der Waals surface area contributed by atoms with Crippen molar-refractivity contribution in [1.82, 2.24) is 0 Å². The molecule has 2 aromatic heterocycles. The van der Waals surface area contributed by atoms with Crippen molar-refractivity contribution in [1.29, 1.82) is 0 Å². The van der Waals surface area contributed by atoms with Crippen molar-refractivity contribution in [2.45, 2.75) is 25.7 Å². The Hall–Kier alpha value is -6.00. The van der Waals surface area contributed by atoms with Gasteiger partial charge in [0, 0.05) is 18.8 Å².